The van der Waals surface area contributed by atoms with Crippen LogP contribution in [0.2, 0.25) is 0 Å². The average molecular weight is 202 g/mol. The van der Waals surface area contributed by atoms with Crippen LogP contribution in [0.25, 0.3) is 0 Å². The number of aliphatic hydroxyl groups excluding tert-OH is 2. The first-order chi connectivity index (χ1) is 6.25. The van der Waals surface area contributed by atoms with Gasteiger partial charge in [-0.1, -0.05) is 47.5 Å². The Bertz CT molecular complexity index is 147. The molecule has 0 aliphatic rings. The molecule has 2 N–H and O–H groups in total. The lowest BCUT2D eigenvalue weighted by Gasteiger charge is -2.30. The minimum atomic E-state index is -0.616. The van der Waals surface area contributed by atoms with Crippen LogP contribution in [-0.4, -0.2) is 22.4 Å². The molecule has 0 saturated heterocycles. The third-order valence-electron chi connectivity index (χ3n) is 2.53. The Hall–Kier alpha value is -0.0800. The molecule has 14 heavy (non-hydrogen) atoms. The topological polar surface area (TPSA) is 40.5 Å². The maximum absolute atomic E-state index is 9.77. The molecule has 2 heteroatoms. The Morgan fingerprint density at radius 2 is 1.50 bits per heavy atom. The molecule has 0 aromatic heterocycles. The maximum atomic E-state index is 9.77. The van der Waals surface area contributed by atoms with Crippen LogP contribution in [-0.2, 0) is 0 Å². The third kappa shape index (κ3) is 5.61. The molecule has 0 aliphatic heterocycles. The van der Waals surface area contributed by atoms with Gasteiger partial charge in [-0.25, -0.2) is 0 Å². The van der Waals surface area contributed by atoms with Gasteiger partial charge in [0.25, 0.3) is 0 Å². The van der Waals surface area contributed by atoms with Gasteiger partial charge in [0.1, 0.15) is 0 Å². The van der Waals surface area contributed by atoms with Crippen molar-refractivity contribution in [3.63, 3.8) is 0 Å². The maximum Gasteiger partial charge on any atom is 0.0847 e. The SMILES string of the molecule is CC(C)CCCC(O)C(O)C(C)(C)C. The molecule has 2 atom stereocenters. The molecule has 0 aromatic carbocycles. The zero-order valence-electron chi connectivity index (χ0n) is 10.2. The summed E-state index contributed by atoms with van der Waals surface area (Å²) < 4.78 is 0. The zero-order chi connectivity index (χ0) is 11.4. The summed E-state index contributed by atoms with van der Waals surface area (Å²) in [5, 5.41) is 19.5. The first-order valence-corrected chi connectivity index (χ1v) is 5.61. The predicted octanol–water partition coefficient (Wildman–Crippen LogP) is 2.58. The monoisotopic (exact) mass is 202 g/mol. The minimum absolute atomic E-state index is 0.225. The van der Waals surface area contributed by atoms with Gasteiger partial charge in [-0.15, -0.1) is 0 Å². The van der Waals surface area contributed by atoms with Crippen molar-refractivity contribution in [2.45, 2.75) is 66.1 Å². The van der Waals surface area contributed by atoms with Crippen molar-refractivity contribution in [3.05, 3.63) is 0 Å². The fraction of sp³-hybridized carbons (Fsp3) is 1.00. The molecule has 0 heterocycles. The standard InChI is InChI=1S/C12H26O2/c1-9(2)7-6-8-10(13)11(14)12(3,4)5/h9-11,13-14H,6-8H2,1-5H3. The van der Waals surface area contributed by atoms with Crippen LogP contribution >= 0.6 is 0 Å². The molecule has 0 aromatic rings. The van der Waals surface area contributed by atoms with E-state index in [-0.39, 0.29) is 5.41 Å². The molecule has 0 bridgehead atoms. The van der Waals surface area contributed by atoms with Gasteiger partial charge in [0.15, 0.2) is 0 Å². The van der Waals surface area contributed by atoms with E-state index in [1.165, 1.54) is 0 Å². The molecule has 0 amide bonds. The van der Waals surface area contributed by atoms with Crippen molar-refractivity contribution < 1.29 is 10.2 Å². The van der Waals surface area contributed by atoms with E-state index in [2.05, 4.69) is 13.8 Å². The number of hydrogen-bond donors (Lipinski definition) is 2. The van der Waals surface area contributed by atoms with Crippen molar-refractivity contribution >= 4 is 0 Å². The van der Waals surface area contributed by atoms with Crippen molar-refractivity contribution in [1.82, 2.24) is 0 Å². The highest BCUT2D eigenvalue weighted by Gasteiger charge is 2.28. The van der Waals surface area contributed by atoms with Crippen LogP contribution in [0.15, 0.2) is 0 Å². The van der Waals surface area contributed by atoms with Crippen LogP contribution in [0.3, 0.4) is 0 Å². The predicted molar refractivity (Wildman–Crippen MR) is 60.2 cm³/mol. The van der Waals surface area contributed by atoms with Gasteiger partial charge < -0.3 is 10.2 Å². The molecule has 0 spiro atoms. The van der Waals surface area contributed by atoms with Gasteiger partial charge in [0.2, 0.25) is 0 Å². The molecule has 0 aliphatic carbocycles. The number of hydrogen-bond acceptors (Lipinski definition) is 2. The normalized spacial score (nSPS) is 17.1. The molecule has 0 radical (unpaired) electrons. The quantitative estimate of drug-likeness (QED) is 0.719. The van der Waals surface area contributed by atoms with Crippen molar-refractivity contribution in [2.75, 3.05) is 0 Å². The molecular weight excluding hydrogens is 176 g/mol. The van der Waals surface area contributed by atoms with Crippen molar-refractivity contribution in [1.29, 1.82) is 0 Å². The van der Waals surface area contributed by atoms with E-state index in [4.69, 9.17) is 0 Å². The van der Waals surface area contributed by atoms with E-state index in [0.29, 0.717) is 12.3 Å². The Morgan fingerprint density at radius 3 is 1.86 bits per heavy atom. The van der Waals surface area contributed by atoms with Gasteiger partial charge in [0.05, 0.1) is 12.2 Å². The van der Waals surface area contributed by atoms with Crippen LogP contribution in [0.4, 0.5) is 0 Å². The van der Waals surface area contributed by atoms with Crippen LogP contribution in [0.5, 0.6) is 0 Å². The fourth-order valence-corrected chi connectivity index (χ4v) is 1.47. The first-order valence-electron chi connectivity index (χ1n) is 5.61. The summed E-state index contributed by atoms with van der Waals surface area (Å²) in [7, 11) is 0. The van der Waals surface area contributed by atoms with E-state index in [0.717, 1.165) is 12.8 Å². The van der Waals surface area contributed by atoms with E-state index in [9.17, 15) is 10.2 Å². The van der Waals surface area contributed by atoms with E-state index >= 15 is 0 Å². The van der Waals surface area contributed by atoms with Gasteiger partial charge in [-0.2, -0.15) is 0 Å². The Morgan fingerprint density at radius 1 is 1.00 bits per heavy atom. The van der Waals surface area contributed by atoms with Crippen LogP contribution in [0.1, 0.15) is 53.9 Å². The molecule has 0 rings (SSSR count). The van der Waals surface area contributed by atoms with Crippen molar-refractivity contribution in [2.24, 2.45) is 11.3 Å². The first kappa shape index (κ1) is 13.9. The lowest BCUT2D eigenvalue weighted by molar-refractivity contribution is -0.0483. The summed E-state index contributed by atoms with van der Waals surface area (Å²) in [5.74, 6) is 0.675. The lowest BCUT2D eigenvalue weighted by atomic mass is 9.84. The second kappa shape index (κ2) is 5.72. The number of rotatable bonds is 5. The summed E-state index contributed by atoms with van der Waals surface area (Å²) in [6.07, 6.45) is 1.62. The van der Waals surface area contributed by atoms with E-state index < -0.39 is 12.2 Å². The highest BCUT2D eigenvalue weighted by molar-refractivity contribution is 4.79. The van der Waals surface area contributed by atoms with Crippen LogP contribution in [0, 0.1) is 11.3 Å². The molecule has 0 saturated carbocycles. The fourth-order valence-electron chi connectivity index (χ4n) is 1.47. The number of aliphatic hydroxyl groups is 2. The molecular formula is C12H26O2. The highest BCUT2D eigenvalue weighted by Crippen LogP contribution is 2.24. The largest absolute Gasteiger partial charge is 0.390 e. The summed E-state index contributed by atoms with van der Waals surface area (Å²) >= 11 is 0. The average Bonchev–Trinajstić information content (AvgIpc) is 2.00. The highest BCUT2D eigenvalue weighted by atomic mass is 16.3. The second-order valence-corrected chi connectivity index (χ2v) is 5.70. The summed E-state index contributed by atoms with van der Waals surface area (Å²) in [5.41, 5.74) is -0.225. The minimum Gasteiger partial charge on any atom is -0.390 e. The smallest absolute Gasteiger partial charge is 0.0847 e. The lowest BCUT2D eigenvalue weighted by Crippen LogP contribution is -2.37. The molecule has 86 valence electrons. The summed E-state index contributed by atoms with van der Waals surface area (Å²) in [4.78, 5) is 0. The van der Waals surface area contributed by atoms with Gasteiger partial charge in [-0.3, -0.25) is 0 Å². The van der Waals surface area contributed by atoms with Crippen molar-refractivity contribution in [3.8, 4) is 0 Å². The van der Waals surface area contributed by atoms with E-state index in [1.54, 1.807) is 0 Å². The molecule has 2 nitrogen and oxygen atoms in total. The van der Waals surface area contributed by atoms with Gasteiger partial charge in [0, 0.05) is 0 Å². The Labute approximate surface area is 88.3 Å². The third-order valence-corrected chi connectivity index (χ3v) is 2.53. The zero-order valence-corrected chi connectivity index (χ0v) is 10.2. The van der Waals surface area contributed by atoms with Crippen LogP contribution < -0.4 is 0 Å². The Balaban J connectivity index is 3.79. The molecule has 0 fully saturated rings. The van der Waals surface area contributed by atoms with E-state index in [1.807, 2.05) is 20.8 Å². The summed E-state index contributed by atoms with van der Waals surface area (Å²) in [6, 6.07) is 0. The second-order valence-electron chi connectivity index (χ2n) is 5.70. The van der Waals surface area contributed by atoms with Gasteiger partial charge >= 0.3 is 0 Å². The van der Waals surface area contributed by atoms with Gasteiger partial charge in [-0.05, 0) is 17.8 Å². The summed E-state index contributed by atoms with van der Waals surface area (Å²) in [6.45, 7) is 10.2. The Kier molecular flexibility index (Phi) is 5.68. The molecule has 2 unspecified atom stereocenters.